The van der Waals surface area contributed by atoms with Gasteiger partial charge in [-0.15, -0.1) is 0 Å². The van der Waals surface area contributed by atoms with E-state index in [-0.39, 0.29) is 0 Å². The fourth-order valence-electron chi connectivity index (χ4n) is 3.27. The Balaban J connectivity index is 1.94. The highest BCUT2D eigenvalue weighted by Crippen LogP contribution is 2.30. The van der Waals surface area contributed by atoms with Gasteiger partial charge in [-0.2, -0.15) is 5.26 Å². The summed E-state index contributed by atoms with van der Waals surface area (Å²) >= 11 is 3.60. The van der Waals surface area contributed by atoms with Crippen LogP contribution < -0.4 is 5.35 Å². The average molecular weight is 388 g/mol. The molecular weight excluding hydrogens is 378 g/mol. The van der Waals surface area contributed by atoms with E-state index in [0.29, 0.717) is 17.0 Å². The Morgan fingerprint density at radius 2 is 1.88 bits per heavy atom. The molecule has 0 atom stereocenters. The van der Waals surface area contributed by atoms with Crippen molar-refractivity contribution in [1.82, 2.24) is 9.97 Å². The van der Waals surface area contributed by atoms with Crippen LogP contribution in [0.3, 0.4) is 0 Å². The van der Waals surface area contributed by atoms with Gasteiger partial charge in [0.05, 0.1) is 5.35 Å². The van der Waals surface area contributed by atoms with Gasteiger partial charge in [-0.1, -0.05) is 46.3 Å². The van der Waals surface area contributed by atoms with Crippen LogP contribution >= 0.6 is 15.9 Å². The zero-order valence-electron chi connectivity index (χ0n) is 12.9. The molecule has 0 aliphatic carbocycles. The van der Waals surface area contributed by atoms with Crippen LogP contribution in [0, 0.1) is 11.3 Å². The number of hydrogen-bond donors (Lipinski definition) is 1. The van der Waals surface area contributed by atoms with Gasteiger partial charge in [-0.05, 0) is 29.7 Å². The minimum absolute atomic E-state index is 0.329. The van der Waals surface area contributed by atoms with Crippen molar-refractivity contribution in [2.45, 2.75) is 0 Å². The van der Waals surface area contributed by atoms with E-state index in [4.69, 9.17) is 4.42 Å². The first-order chi connectivity index (χ1) is 12.3. The van der Waals surface area contributed by atoms with Crippen LogP contribution in [-0.4, -0.2) is 9.97 Å². The van der Waals surface area contributed by atoms with Crippen molar-refractivity contribution in [2.24, 2.45) is 0 Å². The Bertz CT molecular complexity index is 1340. The minimum atomic E-state index is 0.329. The first-order valence-electron chi connectivity index (χ1n) is 7.75. The number of halogens is 1. The van der Waals surface area contributed by atoms with Gasteiger partial charge < -0.3 is 9.40 Å². The summed E-state index contributed by atoms with van der Waals surface area (Å²) in [4.78, 5) is 7.84. The van der Waals surface area contributed by atoms with Gasteiger partial charge in [0.25, 0.3) is 0 Å². The number of fused-ring (bicyclic) bond motifs is 1. The van der Waals surface area contributed by atoms with Gasteiger partial charge in [0.2, 0.25) is 5.89 Å². The molecule has 1 N–H and O–H groups in total. The third-order valence-corrected chi connectivity index (χ3v) is 5.08. The zero-order valence-corrected chi connectivity index (χ0v) is 14.5. The first kappa shape index (κ1) is 14.3. The van der Waals surface area contributed by atoms with Crippen molar-refractivity contribution in [3.63, 3.8) is 0 Å². The molecule has 0 amide bonds. The van der Waals surface area contributed by atoms with Crippen molar-refractivity contribution in [2.75, 3.05) is 0 Å². The molecule has 0 spiro atoms. The Kier molecular flexibility index (Phi) is 2.97. The fourth-order valence-corrected chi connectivity index (χ4v) is 3.74. The number of nitrogens with zero attached hydrogens (tertiary/aromatic N) is 2. The monoisotopic (exact) mass is 387 g/mol. The van der Waals surface area contributed by atoms with Gasteiger partial charge in [-0.25, -0.2) is 4.98 Å². The standard InChI is InChI=1S/C20H10BrN3O/c21-14-8-9-16-18-11(14)4-3-5-12(18)19(23-16)13(10-22)20-24-15-6-1-2-7-17(15)25-20/h1-9,23H/b19-13+. The van der Waals surface area contributed by atoms with Gasteiger partial charge >= 0.3 is 0 Å². The van der Waals surface area contributed by atoms with E-state index in [1.165, 1.54) is 0 Å². The summed E-state index contributed by atoms with van der Waals surface area (Å²) in [6.45, 7) is 0. The van der Waals surface area contributed by atoms with Gasteiger partial charge in [0.1, 0.15) is 17.2 Å². The molecule has 5 rings (SSSR count). The van der Waals surface area contributed by atoms with E-state index in [9.17, 15) is 5.26 Å². The predicted octanol–water partition coefficient (Wildman–Crippen LogP) is 4.67. The molecular formula is C20H10BrN3O. The Hall–Kier alpha value is -3.10. The van der Waals surface area contributed by atoms with E-state index in [1.54, 1.807) is 0 Å². The maximum atomic E-state index is 9.80. The van der Waals surface area contributed by atoms with Crippen molar-refractivity contribution in [3.8, 4) is 6.07 Å². The highest BCUT2D eigenvalue weighted by molar-refractivity contribution is 9.10. The van der Waals surface area contributed by atoms with Crippen LogP contribution in [0.1, 0.15) is 5.89 Å². The largest absolute Gasteiger partial charge is 0.435 e. The number of oxazole rings is 1. The highest BCUT2D eigenvalue weighted by Gasteiger charge is 2.16. The lowest BCUT2D eigenvalue weighted by atomic mass is 10.1. The number of para-hydroxylation sites is 2. The van der Waals surface area contributed by atoms with E-state index in [1.807, 2.05) is 48.5 Å². The first-order valence-corrected chi connectivity index (χ1v) is 8.54. The summed E-state index contributed by atoms with van der Waals surface area (Å²) < 4.78 is 6.84. The summed E-state index contributed by atoms with van der Waals surface area (Å²) in [5, 5.41) is 13.7. The maximum Gasteiger partial charge on any atom is 0.240 e. The zero-order chi connectivity index (χ0) is 17.0. The number of hydrogen-bond acceptors (Lipinski definition) is 3. The lowest BCUT2D eigenvalue weighted by Crippen LogP contribution is -2.08. The summed E-state index contributed by atoms with van der Waals surface area (Å²) in [5.41, 5.74) is 2.79. The van der Waals surface area contributed by atoms with Crippen molar-refractivity contribution in [3.05, 3.63) is 70.3 Å². The topological polar surface area (TPSA) is 65.6 Å². The molecule has 0 bridgehead atoms. The Morgan fingerprint density at radius 3 is 2.72 bits per heavy atom. The molecule has 4 nitrogen and oxygen atoms in total. The molecule has 5 heteroatoms. The molecule has 0 fully saturated rings. The van der Waals surface area contributed by atoms with Crippen LogP contribution in [-0.2, 0) is 0 Å². The number of nitriles is 1. The maximum absolute atomic E-state index is 9.80. The van der Waals surface area contributed by atoms with Gasteiger partial charge in [-0.3, -0.25) is 0 Å². The normalized spacial score (nSPS) is 12.8. The van der Waals surface area contributed by atoms with Crippen LogP contribution in [0.15, 0.2) is 63.5 Å². The van der Waals surface area contributed by atoms with Crippen molar-refractivity contribution >= 4 is 54.3 Å². The molecule has 2 aromatic heterocycles. The van der Waals surface area contributed by atoms with Gasteiger partial charge in [0, 0.05) is 20.8 Å². The number of aromatic nitrogens is 2. The quantitative estimate of drug-likeness (QED) is 0.454. The predicted molar refractivity (Wildman–Crippen MR) is 101 cm³/mol. The SMILES string of the molecule is N#C/C(c1nc2ccccc2o1)=c1\[nH]c2ccc(Br)c3cccc1c23. The number of nitrogens with one attached hydrogen (secondary N) is 1. The molecule has 2 heterocycles. The Morgan fingerprint density at radius 1 is 1.04 bits per heavy atom. The minimum Gasteiger partial charge on any atom is -0.435 e. The molecule has 3 aromatic carbocycles. The smallest absolute Gasteiger partial charge is 0.240 e. The number of H-pyrrole nitrogens is 1. The van der Waals surface area contributed by atoms with E-state index in [2.05, 4.69) is 38.0 Å². The number of benzene rings is 3. The molecule has 5 aromatic rings. The molecule has 0 unspecified atom stereocenters. The average Bonchev–Trinajstić information content (AvgIpc) is 3.22. The third kappa shape index (κ3) is 2.01. The van der Waals surface area contributed by atoms with Crippen LogP contribution in [0.5, 0.6) is 0 Å². The molecule has 0 saturated carbocycles. The summed E-state index contributed by atoms with van der Waals surface area (Å²) in [7, 11) is 0. The second-order valence-corrected chi connectivity index (χ2v) is 6.65. The van der Waals surface area contributed by atoms with Crippen molar-refractivity contribution < 1.29 is 4.42 Å². The molecule has 25 heavy (non-hydrogen) atoms. The van der Waals surface area contributed by atoms with Gasteiger partial charge in [0.15, 0.2) is 5.58 Å². The lowest BCUT2D eigenvalue weighted by molar-refractivity contribution is 0.585. The van der Waals surface area contributed by atoms with E-state index in [0.717, 1.165) is 37.0 Å². The Labute approximate surface area is 150 Å². The summed E-state index contributed by atoms with van der Waals surface area (Å²) in [6, 6.07) is 19.8. The van der Waals surface area contributed by atoms with E-state index < -0.39 is 0 Å². The summed E-state index contributed by atoms with van der Waals surface area (Å²) in [5.74, 6) is 0.329. The molecule has 118 valence electrons. The second-order valence-electron chi connectivity index (χ2n) is 5.80. The third-order valence-electron chi connectivity index (χ3n) is 4.39. The fraction of sp³-hybridized carbons (Fsp3) is 0. The number of rotatable bonds is 1. The molecule has 0 aliphatic heterocycles. The molecule has 0 aliphatic rings. The van der Waals surface area contributed by atoms with Crippen LogP contribution in [0.4, 0.5) is 0 Å². The highest BCUT2D eigenvalue weighted by atomic mass is 79.9. The van der Waals surface area contributed by atoms with E-state index >= 15 is 0 Å². The molecule has 0 saturated heterocycles. The van der Waals surface area contributed by atoms with Crippen LogP contribution in [0.25, 0.3) is 38.3 Å². The van der Waals surface area contributed by atoms with Crippen molar-refractivity contribution in [1.29, 1.82) is 5.26 Å². The molecule has 0 radical (unpaired) electrons. The number of aromatic amines is 1. The van der Waals surface area contributed by atoms with Crippen LogP contribution in [0.2, 0.25) is 0 Å². The lowest BCUT2D eigenvalue weighted by Gasteiger charge is -1.99. The summed E-state index contributed by atoms with van der Waals surface area (Å²) in [6.07, 6.45) is 0. The second kappa shape index (κ2) is 5.20.